The molecule has 1 aromatic heterocycles. The van der Waals surface area contributed by atoms with Crippen LogP contribution in [0.15, 0.2) is 18.3 Å². The number of anilines is 1. The molecule has 6 heteroatoms. The Morgan fingerprint density at radius 1 is 1.25 bits per heavy atom. The maximum atomic E-state index is 12.8. The second-order valence-corrected chi connectivity index (χ2v) is 5.79. The quantitative estimate of drug-likeness (QED) is 0.792. The second-order valence-electron chi connectivity index (χ2n) is 5.79. The molecule has 1 aliphatic rings. The molecule has 0 aliphatic carbocycles. The minimum Gasteiger partial charge on any atom is -0.444 e. The van der Waals surface area contributed by atoms with Crippen molar-refractivity contribution in [1.82, 2.24) is 9.88 Å². The summed E-state index contributed by atoms with van der Waals surface area (Å²) in [6.07, 6.45) is 0.916. The van der Waals surface area contributed by atoms with E-state index >= 15 is 0 Å². The van der Waals surface area contributed by atoms with Crippen molar-refractivity contribution in [2.24, 2.45) is 0 Å². The first kappa shape index (κ1) is 14.6. The molecule has 5 nitrogen and oxygen atoms in total. The van der Waals surface area contributed by atoms with Gasteiger partial charge in [-0.05, 0) is 32.9 Å². The summed E-state index contributed by atoms with van der Waals surface area (Å²) in [5.41, 5.74) is -0.479. The Kier molecular flexibility index (Phi) is 4.11. The molecule has 0 saturated carbocycles. The Bertz CT molecular complexity index is 462. The molecular weight excluding hydrogens is 261 g/mol. The van der Waals surface area contributed by atoms with Crippen molar-refractivity contribution in [2.45, 2.75) is 26.4 Å². The molecule has 0 bridgehead atoms. The Morgan fingerprint density at radius 3 is 2.40 bits per heavy atom. The van der Waals surface area contributed by atoms with Gasteiger partial charge < -0.3 is 14.5 Å². The summed E-state index contributed by atoms with van der Waals surface area (Å²) >= 11 is 0. The van der Waals surface area contributed by atoms with Crippen LogP contribution in [0.5, 0.6) is 0 Å². The summed E-state index contributed by atoms with van der Waals surface area (Å²) in [6, 6.07) is 3.04. The van der Waals surface area contributed by atoms with Gasteiger partial charge in [-0.1, -0.05) is 0 Å². The van der Waals surface area contributed by atoms with E-state index in [2.05, 4.69) is 4.98 Å². The molecule has 0 radical (unpaired) electrons. The van der Waals surface area contributed by atoms with Crippen LogP contribution >= 0.6 is 0 Å². The van der Waals surface area contributed by atoms with E-state index < -0.39 is 5.60 Å². The smallest absolute Gasteiger partial charge is 0.410 e. The second kappa shape index (κ2) is 5.64. The maximum Gasteiger partial charge on any atom is 0.410 e. The van der Waals surface area contributed by atoms with E-state index in [0.717, 1.165) is 5.82 Å². The first-order valence-corrected chi connectivity index (χ1v) is 6.69. The summed E-state index contributed by atoms with van der Waals surface area (Å²) in [7, 11) is 0. The Morgan fingerprint density at radius 2 is 1.90 bits per heavy atom. The number of ether oxygens (including phenoxy) is 1. The van der Waals surface area contributed by atoms with Crippen molar-refractivity contribution >= 4 is 11.9 Å². The molecule has 0 atom stereocenters. The molecule has 0 spiro atoms. The van der Waals surface area contributed by atoms with Crippen molar-refractivity contribution in [3.63, 3.8) is 0 Å². The van der Waals surface area contributed by atoms with Crippen LogP contribution in [0.2, 0.25) is 0 Å². The van der Waals surface area contributed by atoms with E-state index in [0.29, 0.717) is 26.2 Å². The standard InChI is InChI=1S/C14H20FN3O2/c1-14(2,3)20-13(19)18-8-6-17(7-9-18)12-5-4-11(15)10-16-12/h4-5,10H,6-9H2,1-3H3. The van der Waals surface area contributed by atoms with Crippen LogP contribution in [-0.2, 0) is 4.74 Å². The monoisotopic (exact) mass is 281 g/mol. The SMILES string of the molecule is CC(C)(C)OC(=O)N1CCN(c2ccc(F)cn2)CC1. The van der Waals surface area contributed by atoms with Crippen molar-refractivity contribution in [3.8, 4) is 0 Å². The lowest BCUT2D eigenvalue weighted by atomic mass is 10.2. The summed E-state index contributed by atoms with van der Waals surface area (Å²) in [5.74, 6) is 0.386. The molecule has 1 aromatic rings. The number of amides is 1. The zero-order valence-corrected chi connectivity index (χ0v) is 12.1. The van der Waals surface area contributed by atoms with Crippen LogP contribution in [0.1, 0.15) is 20.8 Å². The number of carbonyl (C=O) groups excluding carboxylic acids is 1. The van der Waals surface area contributed by atoms with Gasteiger partial charge in [0.15, 0.2) is 0 Å². The topological polar surface area (TPSA) is 45.7 Å². The zero-order chi connectivity index (χ0) is 14.8. The van der Waals surface area contributed by atoms with Crippen LogP contribution < -0.4 is 4.90 Å². The maximum absolute atomic E-state index is 12.8. The number of nitrogens with zero attached hydrogens (tertiary/aromatic N) is 3. The molecule has 1 aliphatic heterocycles. The van der Waals surface area contributed by atoms with Gasteiger partial charge in [-0.3, -0.25) is 0 Å². The van der Waals surface area contributed by atoms with Gasteiger partial charge in [0, 0.05) is 26.2 Å². The lowest BCUT2D eigenvalue weighted by Crippen LogP contribution is -2.50. The molecule has 0 unspecified atom stereocenters. The van der Waals surface area contributed by atoms with Crippen LogP contribution in [0.3, 0.4) is 0 Å². The number of hydrogen-bond donors (Lipinski definition) is 0. The van der Waals surface area contributed by atoms with Crippen molar-refractivity contribution < 1.29 is 13.9 Å². The van der Waals surface area contributed by atoms with E-state index in [1.54, 1.807) is 11.0 Å². The average molecular weight is 281 g/mol. The molecule has 2 rings (SSSR count). The third kappa shape index (κ3) is 3.82. The van der Waals surface area contributed by atoms with E-state index in [9.17, 15) is 9.18 Å². The van der Waals surface area contributed by atoms with Gasteiger partial charge in [-0.15, -0.1) is 0 Å². The number of carbonyl (C=O) groups is 1. The van der Waals surface area contributed by atoms with Gasteiger partial charge in [-0.25, -0.2) is 14.2 Å². The third-order valence-corrected chi connectivity index (χ3v) is 2.97. The Balaban J connectivity index is 1.89. The minimum atomic E-state index is -0.479. The number of rotatable bonds is 1. The fourth-order valence-corrected chi connectivity index (χ4v) is 2.00. The van der Waals surface area contributed by atoms with Gasteiger partial charge in [0.05, 0.1) is 6.20 Å². The number of hydrogen-bond acceptors (Lipinski definition) is 4. The van der Waals surface area contributed by atoms with Crippen molar-refractivity contribution in [2.75, 3.05) is 31.1 Å². The van der Waals surface area contributed by atoms with Gasteiger partial charge in [0.2, 0.25) is 0 Å². The van der Waals surface area contributed by atoms with Gasteiger partial charge in [0.25, 0.3) is 0 Å². The summed E-state index contributed by atoms with van der Waals surface area (Å²) in [6.45, 7) is 8.04. The minimum absolute atomic E-state index is 0.288. The number of pyridine rings is 1. The lowest BCUT2D eigenvalue weighted by Gasteiger charge is -2.36. The molecular formula is C14H20FN3O2. The van der Waals surface area contributed by atoms with Crippen LogP contribution in [0.4, 0.5) is 15.0 Å². The highest BCUT2D eigenvalue weighted by Gasteiger charge is 2.26. The fraction of sp³-hybridized carbons (Fsp3) is 0.571. The fourth-order valence-electron chi connectivity index (χ4n) is 2.00. The summed E-state index contributed by atoms with van der Waals surface area (Å²) in [4.78, 5) is 19.7. The first-order valence-electron chi connectivity index (χ1n) is 6.69. The molecule has 1 saturated heterocycles. The molecule has 110 valence electrons. The molecule has 20 heavy (non-hydrogen) atoms. The first-order chi connectivity index (χ1) is 9.35. The highest BCUT2D eigenvalue weighted by Crippen LogP contribution is 2.16. The third-order valence-electron chi connectivity index (χ3n) is 2.97. The Hall–Kier alpha value is -1.85. The molecule has 1 fully saturated rings. The molecule has 2 heterocycles. The van der Waals surface area contributed by atoms with Gasteiger partial charge in [0.1, 0.15) is 17.2 Å². The highest BCUT2D eigenvalue weighted by atomic mass is 19.1. The van der Waals surface area contributed by atoms with Crippen molar-refractivity contribution in [3.05, 3.63) is 24.1 Å². The van der Waals surface area contributed by atoms with Gasteiger partial charge >= 0.3 is 6.09 Å². The summed E-state index contributed by atoms with van der Waals surface area (Å²) in [5, 5.41) is 0. The molecule has 0 N–H and O–H groups in total. The normalized spacial score (nSPS) is 16.2. The number of halogens is 1. The van der Waals surface area contributed by atoms with E-state index in [1.165, 1.54) is 12.3 Å². The molecule has 1 amide bonds. The van der Waals surface area contributed by atoms with Crippen LogP contribution in [0, 0.1) is 5.82 Å². The predicted octanol–water partition coefficient (Wildman–Crippen LogP) is 2.28. The van der Waals surface area contributed by atoms with Gasteiger partial charge in [-0.2, -0.15) is 0 Å². The van der Waals surface area contributed by atoms with E-state index in [1.807, 2.05) is 25.7 Å². The predicted molar refractivity (Wildman–Crippen MR) is 74.2 cm³/mol. The van der Waals surface area contributed by atoms with Crippen LogP contribution in [0.25, 0.3) is 0 Å². The summed E-state index contributed by atoms with van der Waals surface area (Å²) < 4.78 is 18.2. The van der Waals surface area contributed by atoms with Crippen molar-refractivity contribution in [1.29, 1.82) is 0 Å². The van der Waals surface area contributed by atoms with E-state index in [-0.39, 0.29) is 11.9 Å². The highest BCUT2D eigenvalue weighted by molar-refractivity contribution is 5.68. The number of piperazine rings is 1. The average Bonchev–Trinajstić information content (AvgIpc) is 2.38. The zero-order valence-electron chi connectivity index (χ0n) is 12.1. The molecule has 0 aromatic carbocycles. The van der Waals surface area contributed by atoms with Crippen LogP contribution in [-0.4, -0.2) is 47.8 Å². The number of aromatic nitrogens is 1. The van der Waals surface area contributed by atoms with E-state index in [4.69, 9.17) is 4.74 Å². The lowest BCUT2D eigenvalue weighted by molar-refractivity contribution is 0.0240. The Labute approximate surface area is 118 Å². The largest absolute Gasteiger partial charge is 0.444 e.